The van der Waals surface area contributed by atoms with Gasteiger partial charge in [-0.2, -0.15) is 0 Å². The van der Waals surface area contributed by atoms with Crippen molar-refractivity contribution in [3.8, 4) is 0 Å². The lowest BCUT2D eigenvalue weighted by atomic mass is 10.1. The van der Waals surface area contributed by atoms with Crippen LogP contribution in [0.1, 0.15) is 5.56 Å². The summed E-state index contributed by atoms with van der Waals surface area (Å²) in [7, 11) is 0. The Morgan fingerprint density at radius 1 is 1.36 bits per heavy atom. The molecule has 2 rings (SSSR count). The zero-order chi connectivity index (χ0) is 10.1. The Hall–Kier alpha value is -2.10. The zero-order valence-corrected chi connectivity index (χ0v) is 7.24. The molecule has 0 aliphatic carbocycles. The summed E-state index contributed by atoms with van der Waals surface area (Å²) in [6.45, 7) is 3.57. The molecule has 0 radical (unpaired) electrons. The molecule has 0 aliphatic heterocycles. The Morgan fingerprint density at radius 2 is 2.14 bits per heavy atom. The van der Waals surface area contributed by atoms with Crippen LogP contribution in [-0.4, -0.2) is 4.98 Å². The second-order valence-electron chi connectivity index (χ2n) is 2.78. The SMILES string of the molecule is C=Cc1cccc2[nH]c(=O)oc(=O)c12. The Morgan fingerprint density at radius 3 is 2.86 bits per heavy atom. The largest absolute Gasteiger partial charge is 0.419 e. The molecule has 4 heteroatoms. The second-order valence-corrected chi connectivity index (χ2v) is 2.78. The summed E-state index contributed by atoms with van der Waals surface area (Å²) in [4.78, 5) is 24.6. The first-order valence-corrected chi connectivity index (χ1v) is 4.01. The number of fused-ring (bicyclic) bond motifs is 1. The molecule has 0 amide bonds. The number of hydrogen-bond donors (Lipinski definition) is 1. The average molecular weight is 189 g/mol. The molecule has 0 spiro atoms. The summed E-state index contributed by atoms with van der Waals surface area (Å²) < 4.78 is 4.42. The Balaban J connectivity index is 3.09. The van der Waals surface area contributed by atoms with E-state index in [0.29, 0.717) is 16.5 Å². The molecule has 1 aromatic heterocycles. The van der Waals surface area contributed by atoms with Gasteiger partial charge in [-0.15, -0.1) is 0 Å². The number of aromatic nitrogens is 1. The summed E-state index contributed by atoms with van der Waals surface area (Å²) in [5.41, 5.74) is 0.468. The van der Waals surface area contributed by atoms with Crippen molar-refractivity contribution in [1.29, 1.82) is 0 Å². The quantitative estimate of drug-likeness (QED) is 0.731. The van der Waals surface area contributed by atoms with Gasteiger partial charge in [0, 0.05) is 0 Å². The van der Waals surface area contributed by atoms with Crippen LogP contribution in [0.25, 0.3) is 17.0 Å². The summed E-state index contributed by atoms with van der Waals surface area (Å²) >= 11 is 0. The van der Waals surface area contributed by atoms with E-state index in [-0.39, 0.29) is 0 Å². The number of rotatable bonds is 1. The zero-order valence-electron chi connectivity index (χ0n) is 7.24. The van der Waals surface area contributed by atoms with Crippen LogP contribution < -0.4 is 11.4 Å². The fraction of sp³-hybridized carbons (Fsp3) is 0. The Labute approximate surface area is 78.5 Å². The summed E-state index contributed by atoms with van der Waals surface area (Å²) in [6, 6.07) is 5.10. The first-order valence-electron chi connectivity index (χ1n) is 4.01. The van der Waals surface area contributed by atoms with E-state index in [1.54, 1.807) is 18.2 Å². The van der Waals surface area contributed by atoms with Crippen molar-refractivity contribution >= 4 is 17.0 Å². The molecule has 0 bridgehead atoms. The van der Waals surface area contributed by atoms with E-state index in [2.05, 4.69) is 16.0 Å². The smallest absolute Gasteiger partial charge is 0.372 e. The number of aromatic amines is 1. The second kappa shape index (κ2) is 2.99. The van der Waals surface area contributed by atoms with Crippen molar-refractivity contribution < 1.29 is 4.42 Å². The molecule has 0 atom stereocenters. The third-order valence-corrected chi connectivity index (χ3v) is 1.94. The van der Waals surface area contributed by atoms with E-state index in [1.165, 1.54) is 6.08 Å². The standard InChI is InChI=1S/C10H7NO3/c1-2-6-4-3-5-7-8(6)9(12)14-10(13)11-7/h2-5H,1H2,(H,11,13). The van der Waals surface area contributed by atoms with Crippen LogP contribution in [0, 0.1) is 0 Å². The summed E-state index contributed by atoms with van der Waals surface area (Å²) in [6.07, 6.45) is 1.54. The highest BCUT2D eigenvalue weighted by Crippen LogP contribution is 2.12. The van der Waals surface area contributed by atoms with Crippen LogP contribution >= 0.6 is 0 Å². The molecule has 4 nitrogen and oxygen atoms in total. The van der Waals surface area contributed by atoms with Crippen molar-refractivity contribution in [1.82, 2.24) is 4.98 Å². The van der Waals surface area contributed by atoms with Gasteiger partial charge < -0.3 is 4.42 Å². The van der Waals surface area contributed by atoms with E-state index in [9.17, 15) is 9.59 Å². The number of H-pyrrole nitrogens is 1. The van der Waals surface area contributed by atoms with Gasteiger partial charge in [-0.1, -0.05) is 24.8 Å². The molecule has 0 fully saturated rings. The van der Waals surface area contributed by atoms with Crippen molar-refractivity contribution in [2.45, 2.75) is 0 Å². The molecule has 70 valence electrons. The van der Waals surface area contributed by atoms with E-state index in [1.807, 2.05) is 0 Å². The predicted octanol–water partition coefficient (Wildman–Crippen LogP) is 1.12. The monoisotopic (exact) mass is 189 g/mol. The highest BCUT2D eigenvalue weighted by atomic mass is 16.4. The molecule has 0 saturated carbocycles. The minimum absolute atomic E-state index is 0.349. The molecule has 0 aliphatic rings. The highest BCUT2D eigenvalue weighted by molar-refractivity contribution is 5.86. The van der Waals surface area contributed by atoms with Gasteiger partial charge in [0.1, 0.15) is 0 Å². The number of benzene rings is 1. The first-order chi connectivity index (χ1) is 6.72. The minimum Gasteiger partial charge on any atom is -0.372 e. The predicted molar refractivity (Wildman–Crippen MR) is 53.2 cm³/mol. The maximum absolute atomic E-state index is 11.3. The molecule has 2 aromatic rings. The van der Waals surface area contributed by atoms with E-state index >= 15 is 0 Å². The molecule has 0 unspecified atom stereocenters. The van der Waals surface area contributed by atoms with Gasteiger partial charge in [-0.25, -0.2) is 9.59 Å². The van der Waals surface area contributed by atoms with Crippen molar-refractivity contribution in [3.05, 3.63) is 51.3 Å². The maximum atomic E-state index is 11.3. The molecular weight excluding hydrogens is 182 g/mol. The third kappa shape index (κ3) is 1.17. The number of hydrogen-bond acceptors (Lipinski definition) is 3. The molecule has 1 aromatic carbocycles. The van der Waals surface area contributed by atoms with E-state index < -0.39 is 11.4 Å². The maximum Gasteiger partial charge on any atom is 0.419 e. The van der Waals surface area contributed by atoms with Crippen molar-refractivity contribution in [3.63, 3.8) is 0 Å². The van der Waals surface area contributed by atoms with Crippen LogP contribution in [0.2, 0.25) is 0 Å². The lowest BCUT2D eigenvalue weighted by Crippen LogP contribution is -2.15. The molecule has 14 heavy (non-hydrogen) atoms. The Kier molecular flexibility index (Phi) is 1.81. The van der Waals surface area contributed by atoms with Gasteiger partial charge in [0.25, 0.3) is 0 Å². The van der Waals surface area contributed by atoms with Gasteiger partial charge in [0.05, 0.1) is 10.9 Å². The molecule has 0 saturated heterocycles. The highest BCUT2D eigenvalue weighted by Gasteiger charge is 2.04. The van der Waals surface area contributed by atoms with Gasteiger partial charge in [0.2, 0.25) is 0 Å². The number of nitrogens with one attached hydrogen (secondary N) is 1. The molecule has 1 N–H and O–H groups in total. The van der Waals surface area contributed by atoms with Crippen molar-refractivity contribution in [2.24, 2.45) is 0 Å². The van der Waals surface area contributed by atoms with E-state index in [4.69, 9.17) is 0 Å². The van der Waals surface area contributed by atoms with Crippen LogP contribution in [-0.2, 0) is 0 Å². The third-order valence-electron chi connectivity index (χ3n) is 1.94. The average Bonchev–Trinajstić information content (AvgIpc) is 2.16. The van der Waals surface area contributed by atoms with Crippen LogP contribution in [0.15, 0.2) is 38.8 Å². The molecular formula is C10H7NO3. The topological polar surface area (TPSA) is 63.1 Å². The van der Waals surface area contributed by atoms with Crippen LogP contribution in [0.5, 0.6) is 0 Å². The van der Waals surface area contributed by atoms with Gasteiger partial charge in [0.15, 0.2) is 0 Å². The van der Waals surface area contributed by atoms with Gasteiger partial charge in [-0.3, -0.25) is 4.98 Å². The minimum atomic E-state index is -0.747. The fourth-order valence-electron chi connectivity index (χ4n) is 1.34. The van der Waals surface area contributed by atoms with Gasteiger partial charge >= 0.3 is 11.4 Å². The summed E-state index contributed by atoms with van der Waals surface area (Å²) in [5.74, 6) is -0.747. The molecule has 1 heterocycles. The van der Waals surface area contributed by atoms with E-state index in [0.717, 1.165) is 0 Å². The van der Waals surface area contributed by atoms with Crippen LogP contribution in [0.4, 0.5) is 0 Å². The van der Waals surface area contributed by atoms with Crippen LogP contribution in [0.3, 0.4) is 0 Å². The normalized spacial score (nSPS) is 10.3. The van der Waals surface area contributed by atoms with Crippen molar-refractivity contribution in [2.75, 3.05) is 0 Å². The fourth-order valence-corrected chi connectivity index (χ4v) is 1.34. The Bertz CT molecular complexity index is 607. The van der Waals surface area contributed by atoms with Gasteiger partial charge in [-0.05, 0) is 11.6 Å². The lowest BCUT2D eigenvalue weighted by molar-refractivity contribution is 0.460. The first kappa shape index (κ1) is 8.50. The lowest BCUT2D eigenvalue weighted by Gasteiger charge is -1.98. The summed E-state index contributed by atoms with van der Waals surface area (Å²) in [5, 5.41) is 0.349.